The van der Waals surface area contributed by atoms with Crippen molar-refractivity contribution < 1.29 is 4.42 Å². The van der Waals surface area contributed by atoms with Crippen molar-refractivity contribution in [1.82, 2.24) is 19.9 Å². The summed E-state index contributed by atoms with van der Waals surface area (Å²) in [5.41, 5.74) is 10.6. The van der Waals surface area contributed by atoms with E-state index in [2.05, 4.69) is 82.8 Å². The zero-order valence-corrected chi connectivity index (χ0v) is 24.1. The smallest absolute Gasteiger partial charge is 0.145 e. The van der Waals surface area contributed by atoms with Crippen LogP contribution in [-0.4, -0.2) is 19.9 Å². The number of para-hydroxylation sites is 2. The van der Waals surface area contributed by atoms with Gasteiger partial charge in [0, 0.05) is 52.3 Å². The molecule has 5 heterocycles. The fraction of sp³-hybridized carbons (Fsp3) is 0. The van der Waals surface area contributed by atoms with Gasteiger partial charge < -0.3 is 4.42 Å². The molecule has 0 radical (unpaired) electrons. The molecule has 0 spiro atoms. The number of hydrogen-bond donors (Lipinski definition) is 0. The third-order valence-electron chi connectivity index (χ3n) is 8.44. The summed E-state index contributed by atoms with van der Waals surface area (Å²) in [6.07, 6.45) is 7.26. The Morgan fingerprint density at radius 3 is 1.76 bits per heavy atom. The van der Waals surface area contributed by atoms with Crippen LogP contribution in [0.25, 0.3) is 88.9 Å². The highest BCUT2D eigenvalue weighted by Gasteiger charge is 2.24. The molecule has 0 N–H and O–H groups in total. The van der Waals surface area contributed by atoms with Gasteiger partial charge in [-0.25, -0.2) is 9.97 Å². The number of hydrogen-bond acceptors (Lipinski definition) is 5. The standard InChI is InChI=1S/C40H24N4O/c1-2-12-30-29(11-1)28(27-21-35(25-9-7-19-41-23-25)43-36(22-27)26-10-8-20-42-24-26)17-18-31(30)40-38-32-13-3-5-15-34(32)44-39(38)33-14-4-6-16-37(33)45-40/h1-24H. The maximum atomic E-state index is 6.77. The van der Waals surface area contributed by atoms with Gasteiger partial charge in [-0.2, -0.15) is 0 Å². The number of aromatic nitrogens is 4. The monoisotopic (exact) mass is 576 g/mol. The third kappa shape index (κ3) is 4.17. The second-order valence-corrected chi connectivity index (χ2v) is 11.1. The van der Waals surface area contributed by atoms with Gasteiger partial charge in [-0.05, 0) is 82.6 Å². The summed E-state index contributed by atoms with van der Waals surface area (Å²) in [7, 11) is 0. The van der Waals surface area contributed by atoms with Crippen LogP contribution in [0.5, 0.6) is 0 Å². The highest BCUT2D eigenvalue weighted by atomic mass is 16.3. The molecule has 2 aliphatic rings. The molecule has 2 aliphatic heterocycles. The number of benzene rings is 4. The first kappa shape index (κ1) is 25.3. The van der Waals surface area contributed by atoms with E-state index < -0.39 is 0 Å². The second kappa shape index (κ2) is 10.2. The number of pyridine rings is 3. The van der Waals surface area contributed by atoms with Crippen molar-refractivity contribution >= 4 is 32.6 Å². The summed E-state index contributed by atoms with van der Waals surface area (Å²) in [4.78, 5) is 18.8. The van der Waals surface area contributed by atoms with Crippen LogP contribution < -0.4 is 0 Å². The molecule has 5 heteroatoms. The van der Waals surface area contributed by atoms with Crippen LogP contribution in [0.3, 0.4) is 0 Å². The van der Waals surface area contributed by atoms with E-state index in [0.717, 1.165) is 88.9 Å². The predicted molar refractivity (Wildman–Crippen MR) is 181 cm³/mol. The minimum absolute atomic E-state index is 0.812. The Morgan fingerprint density at radius 2 is 1.07 bits per heavy atom. The highest BCUT2D eigenvalue weighted by Crippen LogP contribution is 2.46. The van der Waals surface area contributed by atoms with Gasteiger partial charge in [0.2, 0.25) is 0 Å². The average Bonchev–Trinajstić information content (AvgIpc) is 3.52. The molecule has 4 aromatic carbocycles. The van der Waals surface area contributed by atoms with Gasteiger partial charge in [0.1, 0.15) is 11.3 Å². The lowest BCUT2D eigenvalue weighted by Crippen LogP contribution is -1.94. The summed E-state index contributed by atoms with van der Waals surface area (Å²) < 4.78 is 6.77. The van der Waals surface area contributed by atoms with Crippen LogP contribution in [-0.2, 0) is 0 Å². The van der Waals surface area contributed by atoms with Crippen molar-refractivity contribution in [3.05, 3.63) is 146 Å². The molecule has 0 unspecified atom stereocenters. The Bertz CT molecular complexity index is 2430. The SMILES string of the molecule is c1cncc(-c2cc(-c3ccc(-c4oc5ccccc5c5nc6ccccc6c4-5)c4ccccc34)cc(-c3cccnc3)n2)c1. The molecule has 0 bridgehead atoms. The molecule has 0 atom stereocenters. The first-order chi connectivity index (χ1) is 22.3. The van der Waals surface area contributed by atoms with Crippen molar-refractivity contribution in [2.75, 3.05) is 0 Å². The molecule has 0 amide bonds. The van der Waals surface area contributed by atoms with Gasteiger partial charge in [0.05, 0.1) is 28.2 Å². The molecule has 210 valence electrons. The normalized spacial score (nSPS) is 11.6. The Labute approximate surface area is 258 Å². The fourth-order valence-corrected chi connectivity index (χ4v) is 6.37. The van der Waals surface area contributed by atoms with Gasteiger partial charge in [-0.3, -0.25) is 9.97 Å². The van der Waals surface area contributed by atoms with E-state index in [4.69, 9.17) is 14.4 Å². The molecular weight excluding hydrogens is 552 g/mol. The molecule has 45 heavy (non-hydrogen) atoms. The zero-order chi connectivity index (χ0) is 29.7. The van der Waals surface area contributed by atoms with Crippen LogP contribution in [0.2, 0.25) is 0 Å². The average molecular weight is 577 g/mol. The van der Waals surface area contributed by atoms with Crippen LogP contribution in [0.1, 0.15) is 0 Å². The van der Waals surface area contributed by atoms with Gasteiger partial charge in [0.25, 0.3) is 0 Å². The lowest BCUT2D eigenvalue weighted by molar-refractivity contribution is 0.622. The van der Waals surface area contributed by atoms with Crippen molar-refractivity contribution in [2.45, 2.75) is 0 Å². The lowest BCUT2D eigenvalue weighted by atomic mass is 9.91. The molecule has 0 saturated carbocycles. The molecule has 0 aliphatic carbocycles. The summed E-state index contributed by atoms with van der Waals surface area (Å²) in [5.74, 6) is 0.821. The Kier molecular flexibility index (Phi) is 5.74. The van der Waals surface area contributed by atoms with E-state index in [1.807, 2.05) is 60.9 Å². The first-order valence-electron chi connectivity index (χ1n) is 14.9. The third-order valence-corrected chi connectivity index (χ3v) is 8.44. The van der Waals surface area contributed by atoms with Gasteiger partial charge >= 0.3 is 0 Å². The summed E-state index contributed by atoms with van der Waals surface area (Å²) >= 11 is 0. The van der Waals surface area contributed by atoms with Gasteiger partial charge in [-0.15, -0.1) is 0 Å². The minimum atomic E-state index is 0.812. The molecule has 0 saturated heterocycles. The minimum Gasteiger partial charge on any atom is -0.455 e. The Morgan fingerprint density at radius 1 is 0.467 bits per heavy atom. The summed E-state index contributed by atoms with van der Waals surface area (Å²) in [6, 6.07) is 41.6. The van der Waals surface area contributed by atoms with E-state index in [-0.39, 0.29) is 0 Å². The molecule has 7 aromatic rings. The summed E-state index contributed by atoms with van der Waals surface area (Å²) in [5, 5.41) is 4.32. The first-order valence-corrected chi connectivity index (χ1v) is 14.9. The number of rotatable bonds is 4. The highest BCUT2D eigenvalue weighted by molar-refractivity contribution is 6.14. The van der Waals surface area contributed by atoms with E-state index in [1.165, 1.54) is 0 Å². The predicted octanol–water partition coefficient (Wildman–Crippen LogP) is 10.1. The van der Waals surface area contributed by atoms with Gasteiger partial charge in [-0.1, -0.05) is 60.7 Å². The van der Waals surface area contributed by atoms with Crippen molar-refractivity contribution in [3.63, 3.8) is 0 Å². The van der Waals surface area contributed by atoms with E-state index in [9.17, 15) is 0 Å². The quantitative estimate of drug-likeness (QED) is 0.209. The maximum absolute atomic E-state index is 6.77. The van der Waals surface area contributed by atoms with Crippen LogP contribution >= 0.6 is 0 Å². The second-order valence-electron chi connectivity index (χ2n) is 11.1. The van der Waals surface area contributed by atoms with E-state index in [0.29, 0.717) is 0 Å². The number of fused-ring (bicyclic) bond motifs is 6. The van der Waals surface area contributed by atoms with Crippen molar-refractivity contribution in [2.24, 2.45) is 0 Å². The maximum Gasteiger partial charge on any atom is 0.145 e. The Balaban J connectivity index is 1.31. The topological polar surface area (TPSA) is 64.7 Å². The largest absolute Gasteiger partial charge is 0.455 e. The molecule has 3 aromatic heterocycles. The van der Waals surface area contributed by atoms with E-state index in [1.54, 1.807) is 12.4 Å². The summed E-state index contributed by atoms with van der Waals surface area (Å²) in [6.45, 7) is 0. The van der Waals surface area contributed by atoms with Crippen LogP contribution in [0.4, 0.5) is 0 Å². The zero-order valence-electron chi connectivity index (χ0n) is 24.1. The molecular formula is C40H24N4O. The molecule has 9 rings (SSSR count). The van der Waals surface area contributed by atoms with Crippen molar-refractivity contribution in [1.29, 1.82) is 0 Å². The van der Waals surface area contributed by atoms with Gasteiger partial charge in [0.15, 0.2) is 0 Å². The van der Waals surface area contributed by atoms with Crippen molar-refractivity contribution in [3.8, 4) is 56.2 Å². The fourth-order valence-electron chi connectivity index (χ4n) is 6.37. The van der Waals surface area contributed by atoms with Crippen LogP contribution in [0, 0.1) is 0 Å². The molecule has 0 fully saturated rings. The molecule has 5 nitrogen and oxygen atoms in total. The Hall–Kier alpha value is -6.20. The van der Waals surface area contributed by atoms with Crippen LogP contribution in [0.15, 0.2) is 151 Å². The lowest BCUT2D eigenvalue weighted by Gasteiger charge is -2.16. The number of nitrogens with zero attached hydrogens (tertiary/aromatic N) is 4. The van der Waals surface area contributed by atoms with E-state index >= 15 is 0 Å².